The first-order chi connectivity index (χ1) is 51.0. The number of fused-ring (bicyclic) bond motifs is 12. The number of nitrogens with one attached hydrogen (secondary N) is 9. The Bertz CT molecular complexity index is 5130. The average Bonchev–Trinajstić information content (AvgIpc) is 1.80. The highest BCUT2D eigenvalue weighted by atomic mass is 32.2. The number of anilines is 9. The van der Waals surface area contributed by atoms with Gasteiger partial charge in [0.15, 0.2) is 5.78 Å². The van der Waals surface area contributed by atoms with E-state index in [0.717, 1.165) is 70.0 Å². The molecule has 4 atom stereocenters. The van der Waals surface area contributed by atoms with Crippen LogP contribution in [0.5, 0.6) is 17.2 Å². The SMILES string of the molecule is COc1ccc(-c2cnc3nc2NC(CO)CCCS(=N)(=O)c2cccc(c2)N3)cc1.N=S1(=O)CCCCNc2nc(ncc2-c2ccc(OCCC(=O)c3ccccc3)cc2)Nc2cccc1c2.N=S1(=O)CCCCNc2nc(ncc2-c2ccc(OCCc3ccccc3)cc2)Nc2cccc1c2. The van der Waals surface area contributed by atoms with E-state index in [1.807, 2.05) is 146 Å². The minimum atomic E-state index is -2.93. The second-order valence-corrected chi connectivity index (χ2v) is 31.8. The number of benzene rings is 8. The van der Waals surface area contributed by atoms with Crippen LogP contribution in [0.15, 0.2) is 240 Å². The summed E-state index contributed by atoms with van der Waals surface area (Å²) in [4.78, 5) is 41.3. The molecule has 0 amide bonds. The van der Waals surface area contributed by atoms with E-state index in [1.54, 1.807) is 74.2 Å². The van der Waals surface area contributed by atoms with Gasteiger partial charge in [-0.2, -0.15) is 15.0 Å². The van der Waals surface area contributed by atoms with Crippen LogP contribution in [0.3, 0.4) is 0 Å². The Labute approximate surface area is 612 Å². The van der Waals surface area contributed by atoms with E-state index in [0.29, 0.717) is 142 Å². The van der Waals surface area contributed by atoms with Crippen molar-refractivity contribution in [3.63, 3.8) is 0 Å². The zero-order chi connectivity index (χ0) is 73.0. The van der Waals surface area contributed by atoms with E-state index in [4.69, 9.17) is 38.5 Å². The molecule has 23 nitrogen and oxygen atoms in total. The molecule has 14 rings (SSSR count). The van der Waals surface area contributed by atoms with Gasteiger partial charge in [0.05, 0.1) is 62.2 Å². The van der Waals surface area contributed by atoms with E-state index < -0.39 is 29.2 Å². The number of aromatic nitrogens is 6. The summed E-state index contributed by atoms with van der Waals surface area (Å²) in [7, 11) is -7.00. The summed E-state index contributed by atoms with van der Waals surface area (Å²) in [5.74, 6) is 6.39. The lowest BCUT2D eigenvalue weighted by atomic mass is 10.1. The van der Waals surface area contributed by atoms with Gasteiger partial charge >= 0.3 is 0 Å². The summed E-state index contributed by atoms with van der Waals surface area (Å²) in [6.45, 7) is 2.10. The molecule has 11 aromatic rings. The molecule has 3 aliphatic rings. The highest BCUT2D eigenvalue weighted by Gasteiger charge is 2.21. The summed E-state index contributed by atoms with van der Waals surface area (Å²) < 4.78 is 80.7. The number of aliphatic hydroxyl groups excluding tert-OH is 1. The van der Waals surface area contributed by atoms with Gasteiger partial charge in [0.2, 0.25) is 17.8 Å². The number of aliphatic hydroxyl groups is 1. The largest absolute Gasteiger partial charge is 0.497 e. The molecule has 12 bridgehead atoms. The van der Waals surface area contributed by atoms with Crippen LogP contribution in [0, 0.1) is 14.3 Å². The van der Waals surface area contributed by atoms with Gasteiger partial charge in [-0.25, -0.2) is 41.9 Å². The number of hydrogen-bond donors (Lipinski definition) is 10. The van der Waals surface area contributed by atoms with Gasteiger partial charge in [-0.1, -0.05) is 115 Å². The van der Waals surface area contributed by atoms with Crippen molar-refractivity contribution in [1.82, 2.24) is 29.9 Å². The Morgan fingerprint density at radius 2 is 0.886 bits per heavy atom. The topological polar surface area (TPSA) is 337 Å². The van der Waals surface area contributed by atoms with Crippen LogP contribution in [-0.2, 0) is 35.6 Å². The quantitative estimate of drug-likeness (QED) is 0.0452. The van der Waals surface area contributed by atoms with E-state index in [-0.39, 0.29) is 24.2 Å². The minimum absolute atomic E-state index is 0.0518. The normalized spacial score (nSPS) is 18.3. The molecule has 3 aliphatic heterocycles. The van der Waals surface area contributed by atoms with Gasteiger partial charge in [0, 0.05) is 116 Å². The summed E-state index contributed by atoms with van der Waals surface area (Å²) in [6.07, 6.45) is 10.5. The number of ether oxygens (including phenoxy) is 3. The third-order valence-corrected chi connectivity index (χ3v) is 23.2. The molecule has 10 N–H and O–H groups in total. The van der Waals surface area contributed by atoms with Crippen molar-refractivity contribution >= 4 is 87.3 Å². The van der Waals surface area contributed by atoms with Gasteiger partial charge in [0.25, 0.3) is 0 Å². The van der Waals surface area contributed by atoms with Crippen LogP contribution in [0.4, 0.5) is 52.4 Å². The van der Waals surface area contributed by atoms with Crippen LogP contribution in [0.1, 0.15) is 60.9 Å². The molecule has 6 heterocycles. The Morgan fingerprint density at radius 1 is 0.476 bits per heavy atom. The fraction of sp³-hybridized carbons (Fsp3) is 0.228. The predicted octanol–water partition coefficient (Wildman–Crippen LogP) is 16.1. The molecule has 105 heavy (non-hydrogen) atoms. The first kappa shape index (κ1) is 73.4. The van der Waals surface area contributed by atoms with Gasteiger partial charge in [-0.15, -0.1) is 0 Å². The number of carbonyl (C=O) groups excluding carboxylic acids is 1. The maximum atomic E-state index is 12.9. The van der Waals surface area contributed by atoms with Crippen molar-refractivity contribution in [1.29, 1.82) is 14.3 Å². The summed E-state index contributed by atoms with van der Waals surface area (Å²) in [5, 5.41) is 29.5. The summed E-state index contributed by atoms with van der Waals surface area (Å²) in [5.41, 5.74) is 9.35. The van der Waals surface area contributed by atoms with Crippen molar-refractivity contribution in [2.24, 2.45) is 0 Å². The van der Waals surface area contributed by atoms with E-state index >= 15 is 0 Å². The van der Waals surface area contributed by atoms with E-state index in [1.165, 1.54) is 5.56 Å². The number of rotatable bonds is 14. The number of nitrogens with zero attached hydrogens (tertiary/aromatic N) is 6. The van der Waals surface area contributed by atoms with Crippen molar-refractivity contribution in [3.8, 4) is 50.6 Å². The van der Waals surface area contributed by atoms with Gasteiger partial charge in [-0.05, 0) is 152 Å². The lowest BCUT2D eigenvalue weighted by molar-refractivity contribution is 0.0962. The number of Topliss-reactive ketones (excluding diaryl/α,β-unsaturated/α-hetero) is 1. The Balaban J connectivity index is 0.000000149. The lowest BCUT2D eigenvalue weighted by Crippen LogP contribution is -2.25. The van der Waals surface area contributed by atoms with Crippen LogP contribution in [0.25, 0.3) is 33.4 Å². The second kappa shape index (κ2) is 34.8. The fourth-order valence-electron chi connectivity index (χ4n) is 11.8. The zero-order valence-corrected chi connectivity index (χ0v) is 60.4. The third-order valence-electron chi connectivity index (χ3n) is 17.6. The monoisotopic (exact) mass is 1470 g/mol. The first-order valence-electron chi connectivity index (χ1n) is 34.6. The third kappa shape index (κ3) is 20.1. The average molecular weight is 1470 g/mol. The molecule has 0 saturated heterocycles. The predicted molar refractivity (Wildman–Crippen MR) is 416 cm³/mol. The molecular weight excluding hydrogens is 1380 g/mol. The van der Waals surface area contributed by atoms with Crippen molar-refractivity contribution in [3.05, 3.63) is 236 Å². The van der Waals surface area contributed by atoms with Crippen LogP contribution in [-0.4, -0.2) is 117 Å². The smallest absolute Gasteiger partial charge is 0.229 e. The molecule has 8 aromatic carbocycles. The first-order valence-corrected chi connectivity index (χ1v) is 39.8. The van der Waals surface area contributed by atoms with Crippen LogP contribution < -0.4 is 46.1 Å². The molecule has 0 spiro atoms. The molecule has 0 saturated carbocycles. The molecule has 3 aromatic heterocycles. The van der Waals surface area contributed by atoms with E-state index in [2.05, 4.69) is 64.0 Å². The minimum Gasteiger partial charge on any atom is -0.497 e. The molecule has 26 heteroatoms. The van der Waals surface area contributed by atoms with Gasteiger partial charge in [-0.3, -0.25) is 4.79 Å². The van der Waals surface area contributed by atoms with E-state index in [9.17, 15) is 22.5 Å². The molecule has 4 unspecified atom stereocenters. The molecule has 0 aliphatic carbocycles. The number of ketones is 1. The fourth-order valence-corrected chi connectivity index (χ4v) is 16.2. The Kier molecular flexibility index (Phi) is 24.3. The molecule has 0 fully saturated rings. The van der Waals surface area contributed by atoms with Crippen LogP contribution in [0.2, 0.25) is 0 Å². The number of carbonyl (C=O) groups is 1. The van der Waals surface area contributed by atoms with Crippen molar-refractivity contribution in [2.45, 2.75) is 72.1 Å². The maximum absolute atomic E-state index is 12.9. The Morgan fingerprint density at radius 3 is 1.33 bits per heavy atom. The highest BCUT2D eigenvalue weighted by Crippen LogP contribution is 2.35. The molecule has 0 radical (unpaired) electrons. The molecule has 540 valence electrons. The summed E-state index contributed by atoms with van der Waals surface area (Å²) in [6, 6.07) is 63.7. The lowest BCUT2D eigenvalue weighted by Gasteiger charge is -2.20. The van der Waals surface area contributed by atoms with Crippen molar-refractivity contribution in [2.75, 3.05) is 89.2 Å². The maximum Gasteiger partial charge on any atom is 0.229 e. The van der Waals surface area contributed by atoms with Crippen LogP contribution >= 0.6 is 0 Å². The standard InChI is InChI=1S/C29H29N5O3S.C28H29N5O2S.C22H25N5O3S/c30-38(36)18-5-4-16-31-28-26(20-32-29(34-28)33-23-9-6-10-25(38)19-23)21-11-13-24(14-12-21)37-17-15-27(35)22-7-2-1-3-8-22;29-36(34)18-5-4-16-30-27-26(20-31-28(33-27)32-23-9-6-10-25(36)19-23)22-11-13-24(14-12-22)35-17-15-21-7-2-1-3-8-21;1-30-18-9-7-15(8-10-18)20-13-24-22-26-16-4-2-6-19(12-16)31(23,29)11-3-5-17(14-28)25-21(20)27-22/h1-3,6-14,19-20,30H,4-5,15-18H2,(H2,31,32,33,34);1-3,6-14,19-20,29H,4-5,15-18H2,(H2,30,31,32,33);2,4,6-10,12-13,17,23,28H,3,5,11,14H2,1H3,(H2,24,25,26,27). The van der Waals surface area contributed by atoms with Gasteiger partial charge < -0.3 is 51.2 Å². The summed E-state index contributed by atoms with van der Waals surface area (Å²) >= 11 is 0. The number of methoxy groups -OCH3 is 1. The number of hydrogen-bond acceptors (Lipinski definition) is 23. The van der Waals surface area contributed by atoms with Crippen molar-refractivity contribution < 1.29 is 36.7 Å². The highest BCUT2D eigenvalue weighted by molar-refractivity contribution is 7.93. The Hall–Kier alpha value is -11.3. The molecular formula is C79H83N15O8S3. The zero-order valence-electron chi connectivity index (χ0n) is 58.0. The second-order valence-electron chi connectivity index (χ2n) is 25.1. The van der Waals surface area contributed by atoms with Gasteiger partial charge in [0.1, 0.15) is 34.7 Å².